The van der Waals surface area contributed by atoms with Crippen molar-refractivity contribution in [3.05, 3.63) is 70.8 Å². The number of nitrogens with zero attached hydrogens (tertiary/aromatic N) is 1. The van der Waals surface area contributed by atoms with Crippen LogP contribution in [0, 0.1) is 6.92 Å². The molecule has 0 saturated heterocycles. The van der Waals surface area contributed by atoms with E-state index >= 15 is 0 Å². The lowest BCUT2D eigenvalue weighted by Crippen LogP contribution is -2.18. The highest BCUT2D eigenvalue weighted by molar-refractivity contribution is 7.80. The van der Waals surface area contributed by atoms with Gasteiger partial charge in [-0.3, -0.25) is 4.90 Å². The monoisotopic (exact) mass is 284 g/mol. The van der Waals surface area contributed by atoms with Crippen molar-refractivity contribution in [3.63, 3.8) is 0 Å². The number of benzene rings is 2. The zero-order chi connectivity index (χ0) is 14.5. The number of hydrogen-bond donors (Lipinski definition) is 1. The second-order valence-electron chi connectivity index (χ2n) is 5.16. The summed E-state index contributed by atoms with van der Waals surface area (Å²) in [6.07, 6.45) is 0. The third kappa shape index (κ3) is 3.89. The average Bonchev–Trinajstić information content (AvgIpc) is 2.42. The van der Waals surface area contributed by atoms with Crippen LogP contribution in [0.1, 0.15) is 22.3 Å². The molecule has 0 aliphatic heterocycles. The summed E-state index contributed by atoms with van der Waals surface area (Å²) < 4.78 is 0. The topological polar surface area (TPSA) is 29.3 Å². The first kappa shape index (κ1) is 14.7. The molecule has 0 unspecified atom stereocenters. The average molecular weight is 284 g/mol. The minimum absolute atomic E-state index is 0.449. The molecule has 0 atom stereocenters. The molecule has 0 bridgehead atoms. The first-order valence-electron chi connectivity index (χ1n) is 6.68. The molecule has 104 valence electrons. The predicted octanol–water partition coefficient (Wildman–Crippen LogP) is 3.26. The number of thiocarbonyl (C=S) groups is 1. The van der Waals surface area contributed by atoms with Crippen LogP contribution in [0.5, 0.6) is 0 Å². The molecule has 0 amide bonds. The summed E-state index contributed by atoms with van der Waals surface area (Å²) in [5.41, 5.74) is 10.5. The van der Waals surface area contributed by atoms with Gasteiger partial charge in [-0.05, 0) is 30.7 Å². The quantitative estimate of drug-likeness (QED) is 0.855. The van der Waals surface area contributed by atoms with Gasteiger partial charge in [-0.2, -0.15) is 0 Å². The Hall–Kier alpha value is -1.71. The van der Waals surface area contributed by atoms with Crippen molar-refractivity contribution < 1.29 is 0 Å². The fourth-order valence-electron chi connectivity index (χ4n) is 2.22. The first-order chi connectivity index (χ1) is 9.56. The van der Waals surface area contributed by atoms with E-state index in [9.17, 15) is 0 Å². The zero-order valence-corrected chi connectivity index (χ0v) is 12.8. The van der Waals surface area contributed by atoms with Gasteiger partial charge < -0.3 is 5.73 Å². The lowest BCUT2D eigenvalue weighted by atomic mass is 10.1. The molecule has 0 radical (unpaired) electrons. The fraction of sp³-hybridized carbons (Fsp3) is 0.235. The molecule has 0 aliphatic carbocycles. The number of hydrogen-bond acceptors (Lipinski definition) is 2. The third-order valence-corrected chi connectivity index (χ3v) is 3.63. The highest BCUT2D eigenvalue weighted by Crippen LogP contribution is 2.12. The van der Waals surface area contributed by atoms with Gasteiger partial charge in [0.2, 0.25) is 0 Å². The van der Waals surface area contributed by atoms with E-state index in [1.165, 1.54) is 16.7 Å². The van der Waals surface area contributed by atoms with Crippen molar-refractivity contribution in [3.8, 4) is 0 Å². The van der Waals surface area contributed by atoms with Crippen LogP contribution in [0.25, 0.3) is 0 Å². The Kier molecular flexibility index (Phi) is 4.88. The molecule has 0 aromatic heterocycles. The molecule has 2 rings (SSSR count). The maximum absolute atomic E-state index is 5.60. The second-order valence-corrected chi connectivity index (χ2v) is 5.60. The van der Waals surface area contributed by atoms with Gasteiger partial charge in [0.15, 0.2) is 0 Å². The maximum Gasteiger partial charge on any atom is 0.103 e. The Bertz CT molecular complexity index is 590. The van der Waals surface area contributed by atoms with Gasteiger partial charge in [0.05, 0.1) is 0 Å². The molecule has 0 saturated carbocycles. The normalized spacial score (nSPS) is 10.8. The van der Waals surface area contributed by atoms with Gasteiger partial charge in [0.1, 0.15) is 4.99 Å². The van der Waals surface area contributed by atoms with Crippen LogP contribution < -0.4 is 5.73 Å². The molecule has 0 aliphatic rings. The minimum atomic E-state index is 0.449. The zero-order valence-electron chi connectivity index (χ0n) is 12.0. The van der Waals surface area contributed by atoms with E-state index < -0.39 is 0 Å². The van der Waals surface area contributed by atoms with Gasteiger partial charge in [-0.15, -0.1) is 0 Å². The summed E-state index contributed by atoms with van der Waals surface area (Å²) in [6.45, 7) is 4.01. The van der Waals surface area contributed by atoms with E-state index in [-0.39, 0.29) is 0 Å². The van der Waals surface area contributed by atoms with Crippen molar-refractivity contribution in [2.24, 2.45) is 5.73 Å². The van der Waals surface area contributed by atoms with Crippen LogP contribution in [0.2, 0.25) is 0 Å². The second kappa shape index (κ2) is 6.64. The van der Waals surface area contributed by atoms with Crippen molar-refractivity contribution >= 4 is 17.2 Å². The van der Waals surface area contributed by atoms with Gasteiger partial charge in [-0.25, -0.2) is 0 Å². The Morgan fingerprint density at radius 1 is 1.05 bits per heavy atom. The first-order valence-corrected chi connectivity index (χ1v) is 7.09. The molecule has 3 heteroatoms. The van der Waals surface area contributed by atoms with Crippen LogP contribution in [0.3, 0.4) is 0 Å². The number of rotatable bonds is 5. The Morgan fingerprint density at radius 2 is 1.70 bits per heavy atom. The van der Waals surface area contributed by atoms with E-state index in [4.69, 9.17) is 18.0 Å². The number of nitrogens with two attached hydrogens (primary N) is 1. The standard InChI is InChI=1S/C17H20N2S/c1-13-5-3-4-6-16(13)12-19(2)11-14-7-9-15(10-8-14)17(18)20/h3-10H,11-12H2,1-2H3,(H2,18,20). The Balaban J connectivity index is 1.99. The van der Waals surface area contributed by atoms with Crippen LogP contribution in [-0.4, -0.2) is 16.9 Å². The molecule has 0 spiro atoms. The molecule has 2 nitrogen and oxygen atoms in total. The number of aryl methyl sites for hydroxylation is 1. The van der Waals surface area contributed by atoms with E-state index in [1.807, 2.05) is 12.1 Å². The molecular formula is C17H20N2S. The molecule has 2 aromatic carbocycles. The van der Waals surface area contributed by atoms with Crippen LogP contribution in [-0.2, 0) is 13.1 Å². The summed E-state index contributed by atoms with van der Waals surface area (Å²) in [6, 6.07) is 16.6. The van der Waals surface area contributed by atoms with E-state index in [0.29, 0.717) is 4.99 Å². The maximum atomic E-state index is 5.60. The summed E-state index contributed by atoms with van der Waals surface area (Å²) in [4.78, 5) is 2.75. The smallest absolute Gasteiger partial charge is 0.103 e. The van der Waals surface area contributed by atoms with Crippen molar-refractivity contribution in [2.45, 2.75) is 20.0 Å². The molecule has 20 heavy (non-hydrogen) atoms. The van der Waals surface area contributed by atoms with Crippen molar-refractivity contribution in [1.29, 1.82) is 0 Å². The van der Waals surface area contributed by atoms with Crippen molar-refractivity contribution in [1.82, 2.24) is 4.90 Å². The molecule has 2 aromatic rings. The molecule has 0 fully saturated rings. The van der Waals surface area contributed by atoms with Gasteiger partial charge in [-0.1, -0.05) is 60.7 Å². The summed E-state index contributed by atoms with van der Waals surface area (Å²) in [5, 5.41) is 0. The highest BCUT2D eigenvalue weighted by atomic mass is 32.1. The molecular weight excluding hydrogens is 264 g/mol. The van der Waals surface area contributed by atoms with Gasteiger partial charge >= 0.3 is 0 Å². The highest BCUT2D eigenvalue weighted by Gasteiger charge is 2.04. The van der Waals surface area contributed by atoms with Crippen LogP contribution >= 0.6 is 12.2 Å². The lowest BCUT2D eigenvalue weighted by molar-refractivity contribution is 0.318. The van der Waals surface area contributed by atoms with Gasteiger partial charge in [0.25, 0.3) is 0 Å². The third-order valence-electron chi connectivity index (χ3n) is 3.39. The summed E-state index contributed by atoms with van der Waals surface area (Å²) in [5.74, 6) is 0. The Labute approximate surface area is 126 Å². The van der Waals surface area contributed by atoms with Crippen LogP contribution in [0.4, 0.5) is 0 Å². The van der Waals surface area contributed by atoms with Gasteiger partial charge in [0, 0.05) is 18.7 Å². The van der Waals surface area contributed by atoms with Crippen molar-refractivity contribution in [2.75, 3.05) is 7.05 Å². The largest absolute Gasteiger partial charge is 0.389 e. The van der Waals surface area contributed by atoms with Crippen LogP contribution in [0.15, 0.2) is 48.5 Å². The van der Waals surface area contributed by atoms with E-state index in [1.54, 1.807) is 0 Å². The Morgan fingerprint density at radius 3 is 2.30 bits per heavy atom. The minimum Gasteiger partial charge on any atom is -0.389 e. The lowest BCUT2D eigenvalue weighted by Gasteiger charge is -2.18. The fourth-order valence-corrected chi connectivity index (χ4v) is 2.36. The SMILES string of the molecule is Cc1ccccc1CN(C)Cc1ccc(C(N)=S)cc1. The van der Waals surface area contributed by atoms with E-state index in [2.05, 4.69) is 55.3 Å². The van der Waals surface area contributed by atoms with E-state index in [0.717, 1.165) is 18.7 Å². The summed E-state index contributed by atoms with van der Waals surface area (Å²) in [7, 11) is 2.13. The molecule has 2 N–H and O–H groups in total. The predicted molar refractivity (Wildman–Crippen MR) is 88.7 cm³/mol. The summed E-state index contributed by atoms with van der Waals surface area (Å²) >= 11 is 4.96. The molecule has 0 heterocycles.